The fourth-order valence-corrected chi connectivity index (χ4v) is 1.66. The van der Waals surface area contributed by atoms with E-state index in [1.54, 1.807) is 6.34 Å². The van der Waals surface area contributed by atoms with Crippen LogP contribution in [0.3, 0.4) is 0 Å². The largest absolute Gasteiger partial charge is 1.00 e. The maximum Gasteiger partial charge on any atom is 0.237 e. The van der Waals surface area contributed by atoms with E-state index >= 15 is 0 Å². The molecular formula is C12H9IN4Zn-. The van der Waals surface area contributed by atoms with Gasteiger partial charge >= 0.3 is 0 Å². The van der Waals surface area contributed by atoms with E-state index in [9.17, 15) is 0 Å². The van der Waals surface area contributed by atoms with E-state index in [0.717, 1.165) is 12.7 Å². The molecule has 87 valence electrons. The summed E-state index contributed by atoms with van der Waals surface area (Å²) in [4.78, 5) is 14.2. The van der Waals surface area contributed by atoms with Crippen molar-refractivity contribution in [2.45, 2.75) is 6.54 Å². The molecule has 1 aromatic carbocycles. The number of rotatable bonds is 2. The molecule has 0 aromatic heterocycles. The molecule has 3 rings (SSSR count). The quantitative estimate of drug-likeness (QED) is 0.445. The molecule has 18 heavy (non-hydrogen) atoms. The van der Waals surface area contributed by atoms with Gasteiger partial charge < -0.3 is 28.9 Å². The predicted octanol–water partition coefficient (Wildman–Crippen LogP) is -1.38. The summed E-state index contributed by atoms with van der Waals surface area (Å²) in [5.41, 5.74) is 1.93. The molecule has 2 aliphatic heterocycles. The number of hydrogen-bond donors (Lipinski definition) is 0. The van der Waals surface area contributed by atoms with Gasteiger partial charge in [0.15, 0.2) is 5.70 Å². The number of benzene rings is 1. The molecule has 6 heteroatoms. The first-order valence-electron chi connectivity index (χ1n) is 5.01. The Hall–Kier alpha value is -0.837. The summed E-state index contributed by atoms with van der Waals surface area (Å²) in [7, 11) is 0. The van der Waals surface area contributed by atoms with Crippen molar-refractivity contribution in [3.8, 4) is 0 Å². The second-order valence-electron chi connectivity index (χ2n) is 3.52. The van der Waals surface area contributed by atoms with Gasteiger partial charge in [-0.3, -0.25) is 0 Å². The molecule has 1 radical (unpaired) electrons. The van der Waals surface area contributed by atoms with Crippen molar-refractivity contribution in [3.05, 3.63) is 47.8 Å². The second-order valence-corrected chi connectivity index (χ2v) is 3.52. The Bertz CT molecular complexity index is 520. The summed E-state index contributed by atoms with van der Waals surface area (Å²) in [6.07, 6.45) is 4.08. The van der Waals surface area contributed by atoms with E-state index in [2.05, 4.69) is 33.0 Å². The van der Waals surface area contributed by atoms with E-state index in [1.165, 1.54) is 11.9 Å². The monoisotopic (exact) mass is 400 g/mol. The second kappa shape index (κ2) is 6.93. The molecular weight excluding hydrogens is 392 g/mol. The first-order valence-corrected chi connectivity index (χ1v) is 5.01. The van der Waals surface area contributed by atoms with Crippen LogP contribution in [-0.4, -0.2) is 23.4 Å². The average molecular weight is 402 g/mol. The van der Waals surface area contributed by atoms with Gasteiger partial charge in [-0.05, 0) is 5.56 Å². The first kappa shape index (κ1) is 15.2. The fraction of sp³-hybridized carbons (Fsp3) is 0.0833. The molecule has 0 unspecified atom stereocenters. The Labute approximate surface area is 135 Å². The van der Waals surface area contributed by atoms with Crippen molar-refractivity contribution in [2.75, 3.05) is 0 Å². The van der Waals surface area contributed by atoms with Gasteiger partial charge in [-0.1, -0.05) is 30.3 Å². The van der Waals surface area contributed by atoms with Gasteiger partial charge in [0.2, 0.25) is 6.17 Å². The summed E-state index contributed by atoms with van der Waals surface area (Å²) in [5.74, 6) is 2.81. The number of nitrogens with zero attached hydrogens (tertiary/aromatic N) is 4. The van der Waals surface area contributed by atoms with Crippen LogP contribution in [0.2, 0.25) is 0 Å². The normalized spacial score (nSPS) is 15.8. The van der Waals surface area contributed by atoms with Crippen LogP contribution in [0.5, 0.6) is 0 Å². The van der Waals surface area contributed by atoms with E-state index in [1.807, 2.05) is 23.1 Å². The van der Waals surface area contributed by atoms with Gasteiger partial charge in [0.25, 0.3) is 0 Å². The molecule has 0 N–H and O–H groups in total. The van der Waals surface area contributed by atoms with Crippen molar-refractivity contribution in [3.63, 3.8) is 0 Å². The maximum atomic E-state index is 4.20. The molecule has 0 spiro atoms. The molecule has 1 aromatic rings. The van der Waals surface area contributed by atoms with Gasteiger partial charge in [-0.25, -0.2) is 9.98 Å². The SMILES string of the molecule is C1=NC=N[C]2C=1N=CN2Cc1ccccc1.[I-].[Zn]. The first-order chi connectivity index (χ1) is 7.93. The average Bonchev–Trinajstić information content (AvgIpc) is 2.74. The van der Waals surface area contributed by atoms with Crippen LogP contribution in [0.25, 0.3) is 0 Å². The summed E-state index contributed by atoms with van der Waals surface area (Å²) in [5, 5.41) is 0. The van der Waals surface area contributed by atoms with Crippen LogP contribution in [0.1, 0.15) is 5.56 Å². The van der Waals surface area contributed by atoms with E-state index in [0.29, 0.717) is 5.70 Å². The molecule has 4 nitrogen and oxygen atoms in total. The zero-order valence-electron chi connectivity index (χ0n) is 9.62. The van der Waals surface area contributed by atoms with Crippen molar-refractivity contribution < 1.29 is 43.5 Å². The number of fused-ring (bicyclic) bond motifs is 1. The topological polar surface area (TPSA) is 40.3 Å². The Morgan fingerprint density at radius 2 is 1.89 bits per heavy atom. The Balaban J connectivity index is 0.000000810. The zero-order chi connectivity index (χ0) is 10.8. The third-order valence-electron chi connectivity index (χ3n) is 2.41. The third kappa shape index (κ3) is 3.13. The van der Waals surface area contributed by atoms with Gasteiger partial charge in [-0.15, -0.1) is 0 Å². The molecule has 0 atom stereocenters. The van der Waals surface area contributed by atoms with Gasteiger partial charge in [-0.2, -0.15) is 4.99 Å². The predicted molar refractivity (Wildman–Crippen MR) is 63.2 cm³/mol. The minimum absolute atomic E-state index is 0. The van der Waals surface area contributed by atoms with Gasteiger partial charge in [0, 0.05) is 31.9 Å². The molecule has 0 fully saturated rings. The van der Waals surface area contributed by atoms with Crippen LogP contribution in [0.4, 0.5) is 0 Å². The van der Waals surface area contributed by atoms with Crippen LogP contribution < -0.4 is 24.0 Å². The van der Waals surface area contributed by atoms with Crippen molar-refractivity contribution in [2.24, 2.45) is 15.0 Å². The molecule has 0 aliphatic carbocycles. The van der Waals surface area contributed by atoms with E-state index in [4.69, 9.17) is 0 Å². The third-order valence-corrected chi connectivity index (χ3v) is 2.41. The van der Waals surface area contributed by atoms with Gasteiger partial charge in [0.1, 0.15) is 6.34 Å². The van der Waals surface area contributed by atoms with Crippen LogP contribution >= 0.6 is 0 Å². The fourth-order valence-electron chi connectivity index (χ4n) is 1.66. The summed E-state index contributed by atoms with van der Waals surface area (Å²) in [6.45, 7) is 0.766. The number of aliphatic imine (C=N–C) groups is 3. The Kier molecular flexibility index (Phi) is 5.86. The Morgan fingerprint density at radius 3 is 2.67 bits per heavy atom. The summed E-state index contributed by atoms with van der Waals surface area (Å²) in [6, 6.07) is 10.2. The van der Waals surface area contributed by atoms with Crippen molar-refractivity contribution in [1.82, 2.24) is 4.90 Å². The van der Waals surface area contributed by atoms with Crippen molar-refractivity contribution in [1.29, 1.82) is 0 Å². The Morgan fingerprint density at radius 1 is 1.11 bits per heavy atom. The summed E-state index contributed by atoms with van der Waals surface area (Å²) >= 11 is 0. The molecule has 2 heterocycles. The molecule has 2 aliphatic rings. The molecule has 0 saturated heterocycles. The number of hydrogen-bond acceptors (Lipinski definition) is 4. The van der Waals surface area contributed by atoms with Crippen molar-refractivity contribution >= 4 is 18.5 Å². The zero-order valence-corrected chi connectivity index (χ0v) is 14.7. The molecule has 0 bridgehead atoms. The van der Waals surface area contributed by atoms with E-state index in [-0.39, 0.29) is 43.5 Å². The van der Waals surface area contributed by atoms with Crippen LogP contribution in [0.15, 0.2) is 51.0 Å². The minimum atomic E-state index is 0. The minimum Gasteiger partial charge on any atom is -1.00 e. The molecule has 0 saturated carbocycles. The van der Waals surface area contributed by atoms with Crippen LogP contribution in [0, 0.1) is 6.17 Å². The maximum absolute atomic E-state index is 4.20. The van der Waals surface area contributed by atoms with E-state index < -0.39 is 0 Å². The summed E-state index contributed by atoms with van der Waals surface area (Å²) < 4.78 is 0. The number of halogens is 1. The standard InChI is InChI=1S/C12H9N4.HI.Zn/c1-2-4-10(5-3-1)7-16-9-15-11-6-13-8-14-12(11)16;;/h1-5,8-9H,7H2;1H;/p-1. The van der Waals surface area contributed by atoms with Crippen LogP contribution in [-0.2, 0) is 26.0 Å². The van der Waals surface area contributed by atoms with Gasteiger partial charge in [0.05, 0.1) is 6.34 Å². The smallest absolute Gasteiger partial charge is 0.237 e. The molecule has 0 amide bonds.